The van der Waals surface area contributed by atoms with Crippen LogP contribution in [0.1, 0.15) is 34.1 Å². The first-order chi connectivity index (χ1) is 4.34. The van der Waals surface area contributed by atoms with Crippen molar-refractivity contribution in [3.8, 4) is 0 Å². The zero-order valence-corrected chi connectivity index (χ0v) is 7.12. The van der Waals surface area contributed by atoms with Crippen LogP contribution in [0.4, 0.5) is 8.78 Å². The second kappa shape index (κ2) is 3.31. The molecule has 0 rings (SSSR count). The quantitative estimate of drug-likeness (QED) is 0.566. The van der Waals surface area contributed by atoms with Crippen LogP contribution in [0.5, 0.6) is 0 Å². The summed E-state index contributed by atoms with van der Waals surface area (Å²) in [7, 11) is 0. The third-order valence-corrected chi connectivity index (χ3v) is 2.01. The van der Waals surface area contributed by atoms with Crippen molar-refractivity contribution in [3.63, 3.8) is 0 Å². The standard InChI is InChI=1S/C8H16F2/c1-6(5-7(9)10)8(2,3)4/h6-7H,5H2,1-4H3. The van der Waals surface area contributed by atoms with Gasteiger partial charge in [0.15, 0.2) is 0 Å². The molecule has 0 nitrogen and oxygen atoms in total. The van der Waals surface area contributed by atoms with Crippen LogP contribution in [-0.4, -0.2) is 6.43 Å². The topological polar surface area (TPSA) is 0 Å². The van der Waals surface area contributed by atoms with Gasteiger partial charge in [-0.15, -0.1) is 0 Å². The molecule has 62 valence electrons. The van der Waals surface area contributed by atoms with Crippen molar-refractivity contribution in [1.82, 2.24) is 0 Å². The predicted molar refractivity (Wildman–Crippen MR) is 39.2 cm³/mol. The molecule has 0 bridgehead atoms. The van der Waals surface area contributed by atoms with Gasteiger partial charge >= 0.3 is 0 Å². The average molecular weight is 150 g/mol. The van der Waals surface area contributed by atoms with Gasteiger partial charge < -0.3 is 0 Å². The highest BCUT2D eigenvalue weighted by Crippen LogP contribution is 2.29. The van der Waals surface area contributed by atoms with Crippen LogP contribution in [0, 0.1) is 11.3 Å². The SMILES string of the molecule is CC(CC(F)F)C(C)(C)C. The number of rotatable bonds is 2. The van der Waals surface area contributed by atoms with E-state index in [4.69, 9.17) is 0 Å². The molecule has 0 amide bonds. The normalized spacial score (nSPS) is 15.9. The maximum absolute atomic E-state index is 11.8. The zero-order valence-electron chi connectivity index (χ0n) is 7.12. The van der Waals surface area contributed by atoms with Crippen molar-refractivity contribution in [2.45, 2.75) is 40.5 Å². The highest BCUT2D eigenvalue weighted by atomic mass is 19.3. The third-order valence-electron chi connectivity index (χ3n) is 2.01. The molecule has 0 fully saturated rings. The van der Waals surface area contributed by atoms with Gasteiger partial charge in [-0.2, -0.15) is 0 Å². The van der Waals surface area contributed by atoms with E-state index in [1.54, 1.807) is 0 Å². The van der Waals surface area contributed by atoms with Gasteiger partial charge in [0.05, 0.1) is 0 Å². The van der Waals surface area contributed by atoms with Gasteiger partial charge in [0, 0.05) is 6.42 Å². The molecule has 0 spiro atoms. The summed E-state index contributed by atoms with van der Waals surface area (Å²) in [6.07, 6.45) is -2.14. The molecule has 2 heteroatoms. The van der Waals surface area contributed by atoms with Gasteiger partial charge in [-0.3, -0.25) is 0 Å². The minimum Gasteiger partial charge on any atom is -0.211 e. The van der Waals surface area contributed by atoms with Gasteiger partial charge in [-0.25, -0.2) is 8.78 Å². The monoisotopic (exact) mass is 150 g/mol. The van der Waals surface area contributed by atoms with Crippen molar-refractivity contribution < 1.29 is 8.78 Å². The molecular formula is C8H16F2. The number of hydrogen-bond donors (Lipinski definition) is 0. The van der Waals surface area contributed by atoms with Crippen LogP contribution in [0.2, 0.25) is 0 Å². The third kappa shape index (κ3) is 3.80. The summed E-state index contributed by atoms with van der Waals surface area (Å²) in [5.41, 5.74) is 0.0103. The molecular weight excluding hydrogens is 134 g/mol. The van der Waals surface area contributed by atoms with Gasteiger partial charge in [-0.05, 0) is 11.3 Å². The fourth-order valence-electron chi connectivity index (χ4n) is 0.621. The summed E-state index contributed by atoms with van der Waals surface area (Å²) in [6, 6.07) is 0. The first-order valence-electron chi connectivity index (χ1n) is 3.62. The van der Waals surface area contributed by atoms with Crippen LogP contribution in [0.25, 0.3) is 0 Å². The predicted octanol–water partition coefficient (Wildman–Crippen LogP) is 3.32. The van der Waals surface area contributed by atoms with Crippen LogP contribution in [0.15, 0.2) is 0 Å². The van der Waals surface area contributed by atoms with Crippen LogP contribution < -0.4 is 0 Å². The summed E-state index contributed by atoms with van der Waals surface area (Å²) in [5, 5.41) is 0. The van der Waals surface area contributed by atoms with Crippen LogP contribution >= 0.6 is 0 Å². The van der Waals surface area contributed by atoms with Crippen molar-refractivity contribution in [3.05, 3.63) is 0 Å². The summed E-state index contributed by atoms with van der Waals surface area (Å²) in [5.74, 6) is 0.0903. The maximum atomic E-state index is 11.8. The second-order valence-electron chi connectivity index (χ2n) is 3.89. The minimum absolute atomic E-state index is 0.0103. The fraction of sp³-hybridized carbons (Fsp3) is 1.00. The van der Waals surface area contributed by atoms with Crippen LogP contribution in [0.3, 0.4) is 0 Å². The Balaban J connectivity index is 3.73. The van der Waals surface area contributed by atoms with E-state index >= 15 is 0 Å². The zero-order chi connectivity index (χ0) is 8.36. The smallest absolute Gasteiger partial charge is 0.211 e. The highest BCUT2D eigenvalue weighted by Gasteiger charge is 2.22. The molecule has 10 heavy (non-hydrogen) atoms. The molecule has 0 aliphatic rings. The van der Waals surface area contributed by atoms with Gasteiger partial charge in [0.1, 0.15) is 0 Å². The maximum Gasteiger partial charge on any atom is 0.238 e. The molecule has 0 saturated heterocycles. The molecule has 1 atom stereocenters. The Morgan fingerprint density at radius 2 is 1.60 bits per heavy atom. The van der Waals surface area contributed by atoms with E-state index in [9.17, 15) is 8.78 Å². The lowest BCUT2D eigenvalue weighted by atomic mass is 9.80. The Hall–Kier alpha value is -0.140. The van der Waals surface area contributed by atoms with Crippen molar-refractivity contribution in [1.29, 1.82) is 0 Å². The Morgan fingerprint density at radius 3 is 1.70 bits per heavy atom. The fourth-order valence-corrected chi connectivity index (χ4v) is 0.621. The Bertz CT molecular complexity index is 91.9. The second-order valence-corrected chi connectivity index (χ2v) is 3.89. The summed E-state index contributed by atoms with van der Waals surface area (Å²) in [6.45, 7) is 7.83. The minimum atomic E-state index is -2.16. The first kappa shape index (κ1) is 9.86. The Kier molecular flexibility index (Phi) is 3.26. The van der Waals surface area contributed by atoms with E-state index < -0.39 is 6.43 Å². The van der Waals surface area contributed by atoms with Crippen LogP contribution in [-0.2, 0) is 0 Å². The van der Waals surface area contributed by atoms with E-state index in [1.807, 2.05) is 27.7 Å². The van der Waals surface area contributed by atoms with Gasteiger partial charge in [0.25, 0.3) is 0 Å². The molecule has 1 unspecified atom stereocenters. The van der Waals surface area contributed by atoms with E-state index in [2.05, 4.69) is 0 Å². The van der Waals surface area contributed by atoms with E-state index in [-0.39, 0.29) is 17.8 Å². The molecule has 0 aliphatic heterocycles. The van der Waals surface area contributed by atoms with Crippen molar-refractivity contribution in [2.75, 3.05) is 0 Å². The largest absolute Gasteiger partial charge is 0.238 e. The Labute approximate surface area is 61.6 Å². The van der Waals surface area contributed by atoms with E-state index in [1.165, 1.54) is 0 Å². The summed E-state index contributed by atoms with van der Waals surface area (Å²) < 4.78 is 23.6. The van der Waals surface area contributed by atoms with Crippen molar-refractivity contribution >= 4 is 0 Å². The molecule has 0 aromatic carbocycles. The lowest BCUT2D eigenvalue weighted by molar-refractivity contribution is 0.0863. The van der Waals surface area contributed by atoms with Crippen molar-refractivity contribution in [2.24, 2.45) is 11.3 Å². The molecule has 0 saturated carbocycles. The lowest BCUT2D eigenvalue weighted by Gasteiger charge is -2.26. The Morgan fingerprint density at radius 1 is 1.20 bits per heavy atom. The van der Waals surface area contributed by atoms with Gasteiger partial charge in [0.2, 0.25) is 6.43 Å². The molecule has 0 heterocycles. The first-order valence-corrected chi connectivity index (χ1v) is 3.62. The average Bonchev–Trinajstić information content (AvgIpc) is 1.60. The molecule has 0 aromatic heterocycles. The number of alkyl halides is 2. The van der Waals surface area contributed by atoms with E-state index in [0.29, 0.717) is 0 Å². The van der Waals surface area contributed by atoms with Gasteiger partial charge in [-0.1, -0.05) is 27.7 Å². The van der Waals surface area contributed by atoms with E-state index in [0.717, 1.165) is 0 Å². The lowest BCUT2D eigenvalue weighted by Crippen LogP contribution is -2.19. The highest BCUT2D eigenvalue weighted by molar-refractivity contribution is 4.70. The number of hydrogen-bond acceptors (Lipinski definition) is 0. The summed E-state index contributed by atoms with van der Waals surface area (Å²) in [4.78, 5) is 0. The molecule has 0 radical (unpaired) electrons. The molecule has 0 N–H and O–H groups in total. The molecule has 0 aliphatic carbocycles. The summed E-state index contributed by atoms with van der Waals surface area (Å²) >= 11 is 0. The molecule has 0 aromatic rings. The number of halogens is 2.